The number of hydrogen-bond acceptors (Lipinski definition) is 5. The van der Waals surface area contributed by atoms with E-state index in [0.717, 1.165) is 12.5 Å². The molecule has 0 saturated carbocycles. The van der Waals surface area contributed by atoms with Crippen LogP contribution in [0.1, 0.15) is 81.0 Å². The van der Waals surface area contributed by atoms with Crippen LogP contribution in [0.25, 0.3) is 10.9 Å². The number of imide groups is 1. The first-order valence-corrected chi connectivity index (χ1v) is 13.8. The van der Waals surface area contributed by atoms with Gasteiger partial charge in [0.15, 0.2) is 0 Å². The highest BCUT2D eigenvalue weighted by Crippen LogP contribution is 2.40. The molecule has 9 heteroatoms. The van der Waals surface area contributed by atoms with E-state index in [1.165, 1.54) is 12.1 Å². The Labute approximate surface area is 232 Å². The predicted molar refractivity (Wildman–Crippen MR) is 147 cm³/mol. The summed E-state index contributed by atoms with van der Waals surface area (Å²) in [5, 5.41) is 14.0. The molecule has 2 amide bonds. The quantitative estimate of drug-likeness (QED) is 0.391. The molecule has 0 spiro atoms. The first kappa shape index (κ1) is 29.7. The van der Waals surface area contributed by atoms with Crippen molar-refractivity contribution in [1.82, 2.24) is 15.2 Å². The number of pyridine rings is 1. The highest BCUT2D eigenvalue weighted by atomic mass is 19.3. The number of nitrogens with one attached hydrogen (secondary N) is 1. The lowest BCUT2D eigenvalue weighted by Crippen LogP contribution is -2.50. The second-order valence-corrected chi connectivity index (χ2v) is 10.8. The monoisotopic (exact) mass is 555 g/mol. The van der Waals surface area contributed by atoms with Gasteiger partial charge in [0.05, 0.1) is 17.0 Å². The van der Waals surface area contributed by atoms with Crippen LogP contribution < -0.4 is 5.32 Å². The van der Waals surface area contributed by atoms with E-state index in [1.54, 1.807) is 43.5 Å². The molecule has 2 aliphatic rings. The summed E-state index contributed by atoms with van der Waals surface area (Å²) in [5.41, 5.74) is 0.953. The van der Waals surface area contributed by atoms with E-state index in [1.807, 2.05) is 18.7 Å². The molecule has 2 fully saturated rings. The van der Waals surface area contributed by atoms with Crippen molar-refractivity contribution < 1.29 is 27.9 Å². The molecule has 2 aromatic carbocycles. The number of hydrogen-bond donors (Lipinski definition) is 2. The zero-order valence-electron chi connectivity index (χ0n) is 23.3. The number of halogens is 3. The first-order valence-electron chi connectivity index (χ1n) is 13.8. The Balaban J connectivity index is 0.00000181. The van der Waals surface area contributed by atoms with Crippen molar-refractivity contribution in [3.05, 3.63) is 76.7 Å². The third kappa shape index (κ3) is 6.20. The molecule has 40 heavy (non-hydrogen) atoms. The highest BCUT2D eigenvalue weighted by molar-refractivity contribution is 6.01. The molecule has 3 unspecified atom stereocenters. The lowest BCUT2D eigenvalue weighted by Gasteiger charge is -2.43. The first-order chi connectivity index (χ1) is 18.9. The van der Waals surface area contributed by atoms with Crippen LogP contribution in [0.5, 0.6) is 0 Å². The van der Waals surface area contributed by atoms with Crippen molar-refractivity contribution in [2.75, 3.05) is 13.1 Å². The third-order valence-corrected chi connectivity index (χ3v) is 7.76. The summed E-state index contributed by atoms with van der Waals surface area (Å²) in [4.78, 5) is 30.2. The number of carbonyl (C=O) groups is 2. The molecule has 2 saturated heterocycles. The van der Waals surface area contributed by atoms with Crippen molar-refractivity contribution in [1.29, 1.82) is 0 Å². The predicted octanol–water partition coefficient (Wildman–Crippen LogP) is 5.77. The number of alkyl halides is 2. The van der Waals surface area contributed by atoms with Gasteiger partial charge < -0.3 is 5.11 Å². The molecule has 0 bridgehead atoms. The number of β-amino-alcohol motifs (C(OH)–C–C–N with tert-alkyl or cyclic N) is 1. The summed E-state index contributed by atoms with van der Waals surface area (Å²) in [6.07, 6.45) is 2.61. The van der Waals surface area contributed by atoms with Gasteiger partial charge in [-0.1, -0.05) is 44.2 Å². The van der Waals surface area contributed by atoms with E-state index in [-0.39, 0.29) is 29.8 Å². The zero-order chi connectivity index (χ0) is 29.2. The summed E-state index contributed by atoms with van der Waals surface area (Å²) in [7, 11) is 0. The molecule has 0 aliphatic carbocycles. The number of nitrogens with zero attached hydrogens (tertiary/aromatic N) is 2. The van der Waals surface area contributed by atoms with Crippen LogP contribution in [0.4, 0.5) is 13.2 Å². The molecule has 2 N–H and O–H groups in total. The number of benzene rings is 2. The van der Waals surface area contributed by atoms with E-state index in [9.17, 15) is 23.5 Å². The maximum atomic E-state index is 15.9. The van der Waals surface area contributed by atoms with Gasteiger partial charge in [0.2, 0.25) is 11.8 Å². The smallest absolute Gasteiger partial charge is 0.270 e. The van der Waals surface area contributed by atoms with Gasteiger partial charge in [0.1, 0.15) is 5.82 Å². The molecule has 3 aromatic rings. The van der Waals surface area contributed by atoms with Crippen LogP contribution in [0.2, 0.25) is 0 Å². The molecule has 0 radical (unpaired) electrons. The fraction of sp³-hybridized carbons (Fsp3) is 0.452. The van der Waals surface area contributed by atoms with Crippen LogP contribution in [0, 0.1) is 5.82 Å². The standard InChI is InChI=1S/C29H30F3N3O3.C2H6/c1-28(38)16-35(15-17-3-5-19(6-4-17)29(2,31)32)12-11-23(28)21-7-9-24-22(26(21)30)13-18(14-33-24)20-8-10-25(36)34-27(20)37;1-2/h3-7,9,13-14,20,23,38H,8,10-12,15-16H2,1-2H3,(H,34,36,37);1-2H3. The Morgan fingerprint density at radius 3 is 2.45 bits per heavy atom. The fourth-order valence-electron chi connectivity index (χ4n) is 5.72. The SMILES string of the molecule is CC.CC(F)(F)c1ccc(CN2CCC(c3ccc4ncc(C5CCC(=O)NC5=O)cc4c3F)C(C)(O)C2)cc1. The average Bonchev–Trinajstić information content (AvgIpc) is 2.90. The number of carbonyl (C=O) groups excluding carboxylic acids is 2. The van der Waals surface area contributed by atoms with Crippen LogP contribution in [0.3, 0.4) is 0 Å². The topological polar surface area (TPSA) is 82.5 Å². The van der Waals surface area contributed by atoms with E-state index >= 15 is 4.39 Å². The van der Waals surface area contributed by atoms with Gasteiger partial charge in [-0.25, -0.2) is 13.2 Å². The van der Waals surface area contributed by atoms with E-state index in [2.05, 4.69) is 10.3 Å². The maximum absolute atomic E-state index is 15.9. The lowest BCUT2D eigenvalue weighted by molar-refractivity contribution is -0.134. The molecule has 214 valence electrons. The number of aliphatic hydroxyl groups is 1. The molecular formula is C31H36F3N3O3. The second-order valence-electron chi connectivity index (χ2n) is 10.8. The molecule has 2 aliphatic heterocycles. The Morgan fingerprint density at radius 2 is 1.82 bits per heavy atom. The van der Waals surface area contributed by atoms with E-state index in [0.29, 0.717) is 42.6 Å². The number of rotatable bonds is 5. The zero-order valence-corrected chi connectivity index (χ0v) is 23.3. The van der Waals surface area contributed by atoms with Gasteiger partial charge in [-0.15, -0.1) is 0 Å². The maximum Gasteiger partial charge on any atom is 0.270 e. The normalized spacial score (nSPS) is 23.9. The largest absolute Gasteiger partial charge is 0.388 e. The van der Waals surface area contributed by atoms with Crippen molar-refractivity contribution in [2.45, 2.75) is 76.9 Å². The number of likely N-dealkylation sites (tertiary alicyclic amines) is 1. The Hall–Kier alpha value is -3.30. The van der Waals surface area contributed by atoms with E-state index < -0.39 is 35.1 Å². The molecule has 3 heterocycles. The van der Waals surface area contributed by atoms with Crippen LogP contribution in [0.15, 0.2) is 48.7 Å². The Morgan fingerprint density at radius 1 is 1.12 bits per heavy atom. The number of aromatic nitrogens is 1. The molecular weight excluding hydrogens is 519 g/mol. The minimum Gasteiger partial charge on any atom is -0.388 e. The molecule has 6 nitrogen and oxygen atoms in total. The Bertz CT molecular complexity index is 1390. The lowest BCUT2D eigenvalue weighted by atomic mass is 9.77. The fourth-order valence-corrected chi connectivity index (χ4v) is 5.72. The number of fused-ring (bicyclic) bond motifs is 1. The summed E-state index contributed by atoms with van der Waals surface area (Å²) in [6.45, 7) is 7.92. The van der Waals surface area contributed by atoms with Crippen LogP contribution in [-0.4, -0.2) is 45.5 Å². The molecule has 5 rings (SSSR count). The van der Waals surface area contributed by atoms with Gasteiger partial charge in [0, 0.05) is 49.5 Å². The highest BCUT2D eigenvalue weighted by Gasteiger charge is 2.40. The summed E-state index contributed by atoms with van der Waals surface area (Å²) in [5.74, 6) is -5.14. The van der Waals surface area contributed by atoms with Crippen molar-refractivity contribution >= 4 is 22.7 Å². The Kier molecular flexibility index (Phi) is 8.66. The summed E-state index contributed by atoms with van der Waals surface area (Å²) >= 11 is 0. The van der Waals surface area contributed by atoms with Gasteiger partial charge in [0.25, 0.3) is 5.92 Å². The average molecular weight is 556 g/mol. The number of amides is 2. The van der Waals surface area contributed by atoms with Crippen molar-refractivity contribution in [3.63, 3.8) is 0 Å². The van der Waals surface area contributed by atoms with E-state index in [4.69, 9.17) is 0 Å². The van der Waals surface area contributed by atoms with Gasteiger partial charge in [-0.2, -0.15) is 0 Å². The summed E-state index contributed by atoms with van der Waals surface area (Å²) < 4.78 is 42.9. The van der Waals surface area contributed by atoms with Crippen LogP contribution in [-0.2, 0) is 22.1 Å². The molecule has 3 atom stereocenters. The van der Waals surface area contributed by atoms with Gasteiger partial charge in [-0.3, -0.25) is 24.8 Å². The minimum atomic E-state index is -2.90. The summed E-state index contributed by atoms with van der Waals surface area (Å²) in [6, 6.07) is 11.2. The second kappa shape index (κ2) is 11.7. The molecule has 1 aromatic heterocycles. The third-order valence-electron chi connectivity index (χ3n) is 7.76. The minimum absolute atomic E-state index is 0.0472. The van der Waals surface area contributed by atoms with Crippen LogP contribution >= 0.6 is 0 Å². The van der Waals surface area contributed by atoms with Crippen molar-refractivity contribution in [3.8, 4) is 0 Å². The van der Waals surface area contributed by atoms with Gasteiger partial charge >= 0.3 is 0 Å². The number of piperidine rings is 2. The van der Waals surface area contributed by atoms with Gasteiger partial charge in [-0.05, 0) is 55.1 Å². The van der Waals surface area contributed by atoms with Crippen molar-refractivity contribution in [2.24, 2.45) is 0 Å².